The van der Waals surface area contributed by atoms with Crippen molar-refractivity contribution >= 4 is 11.9 Å². The number of hydrogen-bond acceptors (Lipinski definition) is 2. The molecule has 1 aliphatic carbocycles. The van der Waals surface area contributed by atoms with Crippen LogP contribution in [0.25, 0.3) is 6.08 Å². The van der Waals surface area contributed by atoms with Crippen molar-refractivity contribution in [2.24, 2.45) is 11.8 Å². The van der Waals surface area contributed by atoms with E-state index in [2.05, 4.69) is 20.8 Å². The first-order valence-electron chi connectivity index (χ1n) is 8.51. The number of hydrogen-bond donors (Lipinski definition) is 0. The average molecular weight is 300 g/mol. The molecule has 1 unspecified atom stereocenters. The molecule has 2 nitrogen and oxygen atoms in total. The van der Waals surface area contributed by atoms with Crippen LogP contribution in [0.4, 0.5) is 0 Å². The number of carbonyl (C=O) groups excluding carboxylic acids is 1. The molecule has 0 N–H and O–H groups in total. The lowest BCUT2D eigenvalue weighted by Crippen LogP contribution is -2.07. The minimum atomic E-state index is 0.177. The molecule has 0 saturated carbocycles. The zero-order chi connectivity index (χ0) is 15.9. The van der Waals surface area contributed by atoms with Crippen LogP contribution in [0.3, 0.4) is 0 Å². The smallest absolute Gasteiger partial charge is 0.160 e. The van der Waals surface area contributed by atoms with Gasteiger partial charge in [0.2, 0.25) is 0 Å². The van der Waals surface area contributed by atoms with Crippen LogP contribution in [0.1, 0.15) is 57.6 Å². The molecule has 0 aromatic heterocycles. The summed E-state index contributed by atoms with van der Waals surface area (Å²) in [6, 6.07) is 6.04. The molecule has 0 aliphatic heterocycles. The lowest BCUT2D eigenvalue weighted by Gasteiger charge is -2.15. The van der Waals surface area contributed by atoms with Gasteiger partial charge in [0.15, 0.2) is 5.78 Å². The third kappa shape index (κ3) is 5.32. The number of fused-ring (bicyclic) bond motifs is 1. The highest BCUT2D eigenvalue weighted by Gasteiger charge is 2.11. The van der Waals surface area contributed by atoms with E-state index in [1.807, 2.05) is 24.3 Å². The van der Waals surface area contributed by atoms with Gasteiger partial charge < -0.3 is 4.74 Å². The highest BCUT2D eigenvalue weighted by Crippen LogP contribution is 2.23. The van der Waals surface area contributed by atoms with Crippen molar-refractivity contribution in [1.82, 2.24) is 0 Å². The van der Waals surface area contributed by atoms with Crippen molar-refractivity contribution in [2.75, 3.05) is 6.61 Å². The maximum atomic E-state index is 11.4. The minimum absolute atomic E-state index is 0.177. The van der Waals surface area contributed by atoms with E-state index >= 15 is 0 Å². The lowest BCUT2D eigenvalue weighted by atomic mass is 9.96. The first-order chi connectivity index (χ1) is 10.5. The predicted molar refractivity (Wildman–Crippen MR) is 92.2 cm³/mol. The Morgan fingerprint density at radius 3 is 2.68 bits per heavy atom. The number of carbonyl (C=O) groups is 1. The van der Waals surface area contributed by atoms with Crippen molar-refractivity contribution < 1.29 is 9.53 Å². The number of allylic oxidation sites excluding steroid dienone is 1. The van der Waals surface area contributed by atoms with Gasteiger partial charge in [-0.05, 0) is 47.6 Å². The average Bonchev–Trinajstić information content (AvgIpc) is 2.47. The first kappa shape index (κ1) is 16.8. The van der Waals surface area contributed by atoms with Gasteiger partial charge in [-0.1, -0.05) is 52.2 Å². The maximum Gasteiger partial charge on any atom is 0.160 e. The monoisotopic (exact) mass is 300 g/mol. The van der Waals surface area contributed by atoms with Crippen LogP contribution >= 0.6 is 0 Å². The fourth-order valence-corrected chi connectivity index (χ4v) is 2.81. The molecule has 1 aliphatic rings. The fraction of sp³-hybridized carbons (Fsp3) is 0.550. The van der Waals surface area contributed by atoms with Gasteiger partial charge in [0.25, 0.3) is 0 Å². The molecule has 0 amide bonds. The maximum absolute atomic E-state index is 11.4. The van der Waals surface area contributed by atoms with E-state index in [0.29, 0.717) is 12.3 Å². The second-order valence-electron chi connectivity index (χ2n) is 6.90. The third-order valence-corrected chi connectivity index (χ3v) is 4.29. The highest BCUT2D eigenvalue weighted by molar-refractivity contribution is 5.98. The largest absolute Gasteiger partial charge is 0.494 e. The Labute approximate surface area is 134 Å². The topological polar surface area (TPSA) is 26.3 Å². The lowest BCUT2D eigenvalue weighted by molar-refractivity contribution is -0.114. The summed E-state index contributed by atoms with van der Waals surface area (Å²) in [5.74, 6) is 2.61. The van der Waals surface area contributed by atoms with Gasteiger partial charge in [0.05, 0.1) is 6.61 Å². The number of ether oxygens (including phenoxy) is 1. The quantitative estimate of drug-likeness (QED) is 0.671. The standard InChI is InChI=1S/C20H28O2/c1-15(2)5-4-6-16(3)11-12-22-20-10-8-17-13-19(21)9-7-18(17)14-20/h7-10,14-16H,4-6,11-13H2,1-3H3. The Morgan fingerprint density at radius 1 is 1.09 bits per heavy atom. The summed E-state index contributed by atoms with van der Waals surface area (Å²) >= 11 is 0. The van der Waals surface area contributed by atoms with E-state index in [4.69, 9.17) is 4.74 Å². The van der Waals surface area contributed by atoms with E-state index in [9.17, 15) is 4.79 Å². The Kier molecular flexibility index (Phi) is 6.23. The van der Waals surface area contributed by atoms with E-state index in [0.717, 1.165) is 35.8 Å². The molecular weight excluding hydrogens is 272 g/mol. The normalized spacial score (nSPS) is 15.0. The molecular formula is C20H28O2. The SMILES string of the molecule is CC(C)CCCC(C)CCOc1ccc2c(c1)C=CC(=O)C2. The van der Waals surface area contributed by atoms with Gasteiger partial charge in [-0.3, -0.25) is 4.79 Å². The van der Waals surface area contributed by atoms with Crippen LogP contribution in [0.15, 0.2) is 24.3 Å². The van der Waals surface area contributed by atoms with Crippen LogP contribution in [-0.4, -0.2) is 12.4 Å². The number of benzene rings is 1. The van der Waals surface area contributed by atoms with Crippen molar-refractivity contribution in [1.29, 1.82) is 0 Å². The van der Waals surface area contributed by atoms with E-state index < -0.39 is 0 Å². The van der Waals surface area contributed by atoms with Crippen LogP contribution in [-0.2, 0) is 11.2 Å². The second-order valence-corrected chi connectivity index (χ2v) is 6.90. The summed E-state index contributed by atoms with van der Waals surface area (Å²) in [6.07, 6.45) is 9.09. The molecule has 0 bridgehead atoms. The second kappa shape index (κ2) is 8.17. The van der Waals surface area contributed by atoms with Crippen molar-refractivity contribution in [3.63, 3.8) is 0 Å². The predicted octanol–water partition coefficient (Wildman–Crippen LogP) is 5.06. The molecule has 0 radical (unpaired) electrons. The molecule has 0 fully saturated rings. The van der Waals surface area contributed by atoms with Gasteiger partial charge in [-0.15, -0.1) is 0 Å². The zero-order valence-electron chi connectivity index (χ0n) is 14.1. The molecule has 2 rings (SSSR count). The minimum Gasteiger partial charge on any atom is -0.494 e. The van der Waals surface area contributed by atoms with Gasteiger partial charge >= 0.3 is 0 Å². The Morgan fingerprint density at radius 2 is 1.91 bits per heavy atom. The van der Waals surface area contributed by atoms with Gasteiger partial charge in [0, 0.05) is 6.42 Å². The first-order valence-corrected chi connectivity index (χ1v) is 8.51. The van der Waals surface area contributed by atoms with E-state index in [-0.39, 0.29) is 5.78 Å². The Balaban J connectivity index is 1.74. The van der Waals surface area contributed by atoms with Crippen LogP contribution in [0, 0.1) is 11.8 Å². The molecule has 120 valence electrons. The van der Waals surface area contributed by atoms with Crippen molar-refractivity contribution in [3.8, 4) is 5.75 Å². The van der Waals surface area contributed by atoms with Gasteiger partial charge in [-0.25, -0.2) is 0 Å². The molecule has 0 saturated heterocycles. The molecule has 0 heterocycles. The summed E-state index contributed by atoms with van der Waals surface area (Å²) < 4.78 is 5.88. The number of ketones is 1. The molecule has 2 heteroatoms. The molecule has 1 aromatic carbocycles. The van der Waals surface area contributed by atoms with Crippen molar-refractivity contribution in [2.45, 2.75) is 52.9 Å². The van der Waals surface area contributed by atoms with Crippen molar-refractivity contribution in [3.05, 3.63) is 35.4 Å². The summed E-state index contributed by atoms with van der Waals surface area (Å²) in [4.78, 5) is 11.4. The Bertz CT molecular complexity index is 529. The summed E-state index contributed by atoms with van der Waals surface area (Å²) in [7, 11) is 0. The Hall–Kier alpha value is -1.57. The van der Waals surface area contributed by atoms with Gasteiger partial charge in [-0.2, -0.15) is 0 Å². The molecule has 1 aromatic rings. The molecule has 0 spiro atoms. The zero-order valence-corrected chi connectivity index (χ0v) is 14.1. The van der Waals surface area contributed by atoms with E-state index in [1.54, 1.807) is 6.08 Å². The fourth-order valence-electron chi connectivity index (χ4n) is 2.81. The third-order valence-electron chi connectivity index (χ3n) is 4.29. The van der Waals surface area contributed by atoms with E-state index in [1.165, 1.54) is 19.3 Å². The summed E-state index contributed by atoms with van der Waals surface area (Å²) in [6.45, 7) is 7.65. The highest BCUT2D eigenvalue weighted by atomic mass is 16.5. The van der Waals surface area contributed by atoms with Gasteiger partial charge in [0.1, 0.15) is 5.75 Å². The van der Waals surface area contributed by atoms with Crippen LogP contribution in [0.5, 0.6) is 5.75 Å². The van der Waals surface area contributed by atoms with Crippen LogP contribution in [0.2, 0.25) is 0 Å². The summed E-state index contributed by atoms with van der Waals surface area (Å²) in [5.41, 5.74) is 2.21. The molecule has 1 atom stereocenters. The van der Waals surface area contributed by atoms with Crippen LogP contribution < -0.4 is 4.74 Å². The molecule has 22 heavy (non-hydrogen) atoms. The number of rotatable bonds is 8. The summed E-state index contributed by atoms with van der Waals surface area (Å²) in [5, 5.41) is 0.